The molecule has 6 heteroatoms. The van der Waals surface area contributed by atoms with Crippen molar-refractivity contribution in [2.75, 3.05) is 0 Å². The molecular formula is C15H16O6. The Hall–Kier alpha value is -2.18. The number of ether oxygens (including phenoxy) is 1. The van der Waals surface area contributed by atoms with Crippen molar-refractivity contribution in [2.24, 2.45) is 0 Å². The van der Waals surface area contributed by atoms with Crippen LogP contribution in [0.5, 0.6) is 5.75 Å². The SMILES string of the molecule is CC1=C[C@@H](O)[C@@H](O)[C@@H](OC(=O)c2c(C)cccc2O)C1=O. The van der Waals surface area contributed by atoms with Crippen LogP contribution in [-0.2, 0) is 9.53 Å². The van der Waals surface area contributed by atoms with Gasteiger partial charge in [-0.3, -0.25) is 4.79 Å². The summed E-state index contributed by atoms with van der Waals surface area (Å²) in [7, 11) is 0. The molecule has 3 N–H and O–H groups in total. The van der Waals surface area contributed by atoms with Crippen molar-refractivity contribution in [1.29, 1.82) is 0 Å². The highest BCUT2D eigenvalue weighted by atomic mass is 16.6. The van der Waals surface area contributed by atoms with Crippen molar-refractivity contribution < 1.29 is 29.6 Å². The Kier molecular flexibility index (Phi) is 4.11. The van der Waals surface area contributed by atoms with Gasteiger partial charge in [0.2, 0.25) is 5.78 Å². The van der Waals surface area contributed by atoms with Crippen LogP contribution in [0.2, 0.25) is 0 Å². The largest absolute Gasteiger partial charge is 0.507 e. The molecular weight excluding hydrogens is 276 g/mol. The molecule has 0 unspecified atom stereocenters. The molecule has 1 aliphatic rings. The highest BCUT2D eigenvalue weighted by Gasteiger charge is 2.39. The van der Waals surface area contributed by atoms with E-state index in [1.54, 1.807) is 19.1 Å². The van der Waals surface area contributed by atoms with Gasteiger partial charge < -0.3 is 20.1 Å². The first-order chi connectivity index (χ1) is 9.82. The van der Waals surface area contributed by atoms with Gasteiger partial charge in [-0.15, -0.1) is 0 Å². The molecule has 0 aromatic heterocycles. The van der Waals surface area contributed by atoms with Crippen LogP contribution in [0.25, 0.3) is 0 Å². The number of aryl methyl sites for hydroxylation is 1. The van der Waals surface area contributed by atoms with Gasteiger partial charge in [0.25, 0.3) is 0 Å². The van der Waals surface area contributed by atoms with Crippen LogP contribution in [-0.4, -0.2) is 45.4 Å². The van der Waals surface area contributed by atoms with Crippen LogP contribution in [0.1, 0.15) is 22.8 Å². The van der Waals surface area contributed by atoms with E-state index in [1.165, 1.54) is 19.1 Å². The molecule has 2 rings (SSSR count). The minimum absolute atomic E-state index is 0.0702. The first-order valence-corrected chi connectivity index (χ1v) is 6.41. The van der Waals surface area contributed by atoms with E-state index in [0.717, 1.165) is 0 Å². The number of carbonyl (C=O) groups is 2. The average Bonchev–Trinajstić information content (AvgIpc) is 2.41. The third-order valence-corrected chi connectivity index (χ3v) is 3.42. The number of aliphatic hydroxyl groups is 2. The molecule has 112 valence electrons. The van der Waals surface area contributed by atoms with Gasteiger partial charge in [0, 0.05) is 0 Å². The van der Waals surface area contributed by atoms with E-state index >= 15 is 0 Å². The summed E-state index contributed by atoms with van der Waals surface area (Å²) in [5.41, 5.74) is 0.615. The van der Waals surface area contributed by atoms with Crippen LogP contribution in [0, 0.1) is 6.92 Å². The molecule has 0 fully saturated rings. The number of benzene rings is 1. The summed E-state index contributed by atoms with van der Waals surface area (Å²) in [5.74, 6) is -1.77. The minimum Gasteiger partial charge on any atom is -0.507 e. The number of phenolic OH excluding ortho intramolecular Hbond substituents is 1. The van der Waals surface area contributed by atoms with Gasteiger partial charge in [-0.1, -0.05) is 12.1 Å². The maximum Gasteiger partial charge on any atom is 0.343 e. The van der Waals surface area contributed by atoms with Gasteiger partial charge in [0.15, 0.2) is 6.10 Å². The van der Waals surface area contributed by atoms with E-state index in [2.05, 4.69) is 0 Å². The lowest BCUT2D eigenvalue weighted by Crippen LogP contribution is -2.48. The van der Waals surface area contributed by atoms with Crippen LogP contribution >= 0.6 is 0 Å². The Balaban J connectivity index is 2.27. The maximum atomic E-state index is 12.1. The summed E-state index contributed by atoms with van der Waals surface area (Å²) in [6, 6.07) is 4.50. The third-order valence-electron chi connectivity index (χ3n) is 3.42. The molecule has 1 aromatic rings. The molecule has 21 heavy (non-hydrogen) atoms. The molecule has 3 atom stereocenters. The number of phenols is 1. The molecule has 0 saturated carbocycles. The normalized spacial score (nSPS) is 25.4. The molecule has 0 bridgehead atoms. The summed E-state index contributed by atoms with van der Waals surface area (Å²) in [5, 5.41) is 29.1. The second kappa shape index (κ2) is 5.67. The van der Waals surface area contributed by atoms with E-state index < -0.39 is 30.1 Å². The van der Waals surface area contributed by atoms with Gasteiger partial charge in [-0.2, -0.15) is 0 Å². The molecule has 1 aromatic carbocycles. The van der Waals surface area contributed by atoms with Gasteiger partial charge >= 0.3 is 5.97 Å². The van der Waals surface area contributed by atoms with Gasteiger partial charge in [-0.25, -0.2) is 4.79 Å². The van der Waals surface area contributed by atoms with E-state index in [0.29, 0.717) is 5.56 Å². The molecule has 0 saturated heterocycles. The molecule has 0 spiro atoms. The number of hydrogen-bond acceptors (Lipinski definition) is 6. The van der Waals surface area contributed by atoms with Crippen molar-refractivity contribution in [3.63, 3.8) is 0 Å². The van der Waals surface area contributed by atoms with Crippen LogP contribution < -0.4 is 0 Å². The van der Waals surface area contributed by atoms with E-state index in [4.69, 9.17) is 4.74 Å². The monoisotopic (exact) mass is 292 g/mol. The molecule has 0 radical (unpaired) electrons. The number of hydrogen-bond donors (Lipinski definition) is 3. The molecule has 0 amide bonds. The highest BCUT2D eigenvalue weighted by Crippen LogP contribution is 2.25. The van der Waals surface area contributed by atoms with Crippen molar-refractivity contribution in [3.05, 3.63) is 41.0 Å². The molecule has 6 nitrogen and oxygen atoms in total. The van der Waals surface area contributed by atoms with E-state index in [9.17, 15) is 24.9 Å². The van der Waals surface area contributed by atoms with Gasteiger partial charge in [-0.05, 0) is 37.1 Å². The fourth-order valence-corrected chi connectivity index (χ4v) is 2.21. The standard InChI is InChI=1S/C15H16O6/c1-7-4-3-5-9(16)11(7)15(20)21-14-12(18)8(2)6-10(17)13(14)19/h3-6,10,13-14,16-17,19H,1-2H3/t10-,13-,14+/m1/s1. The summed E-state index contributed by atoms with van der Waals surface area (Å²) in [6.45, 7) is 3.07. The first-order valence-electron chi connectivity index (χ1n) is 6.41. The Morgan fingerprint density at radius 3 is 2.52 bits per heavy atom. The quantitative estimate of drug-likeness (QED) is 0.685. The lowest BCUT2D eigenvalue weighted by Gasteiger charge is -2.28. The third kappa shape index (κ3) is 2.81. The van der Waals surface area contributed by atoms with Gasteiger partial charge in [0.05, 0.1) is 0 Å². The summed E-state index contributed by atoms with van der Waals surface area (Å²) in [4.78, 5) is 24.1. The number of aromatic hydroxyl groups is 1. The predicted molar refractivity (Wildman–Crippen MR) is 72.8 cm³/mol. The lowest BCUT2D eigenvalue weighted by atomic mass is 9.91. The van der Waals surface area contributed by atoms with Crippen molar-refractivity contribution in [3.8, 4) is 5.75 Å². The number of esters is 1. The summed E-state index contributed by atoms with van der Waals surface area (Å²) < 4.78 is 5.01. The summed E-state index contributed by atoms with van der Waals surface area (Å²) >= 11 is 0. The fraction of sp³-hybridized carbons (Fsp3) is 0.333. The Bertz CT molecular complexity index is 598. The minimum atomic E-state index is -1.53. The Morgan fingerprint density at radius 2 is 1.90 bits per heavy atom. The van der Waals surface area contributed by atoms with Gasteiger partial charge in [0.1, 0.15) is 23.5 Å². The molecule has 0 aliphatic heterocycles. The van der Waals surface area contributed by atoms with E-state index in [1.807, 2.05) is 0 Å². The average molecular weight is 292 g/mol. The van der Waals surface area contributed by atoms with E-state index in [-0.39, 0.29) is 16.9 Å². The zero-order valence-electron chi connectivity index (χ0n) is 11.6. The Morgan fingerprint density at radius 1 is 1.24 bits per heavy atom. The topological polar surface area (TPSA) is 104 Å². The van der Waals surface area contributed by atoms with Crippen LogP contribution in [0.3, 0.4) is 0 Å². The zero-order valence-corrected chi connectivity index (χ0v) is 11.6. The fourth-order valence-electron chi connectivity index (χ4n) is 2.21. The van der Waals surface area contributed by atoms with Crippen molar-refractivity contribution in [1.82, 2.24) is 0 Å². The maximum absolute atomic E-state index is 12.1. The number of aliphatic hydroxyl groups excluding tert-OH is 2. The first kappa shape index (κ1) is 15.2. The number of rotatable bonds is 2. The highest BCUT2D eigenvalue weighted by molar-refractivity contribution is 6.02. The Labute approximate surface area is 121 Å². The molecule has 1 aliphatic carbocycles. The second-order valence-corrected chi connectivity index (χ2v) is 4.99. The van der Waals surface area contributed by atoms with Crippen LogP contribution in [0.4, 0.5) is 0 Å². The number of ketones is 1. The predicted octanol–water partition coefficient (Wildman–Crippen LogP) is 0.477. The summed E-state index contributed by atoms with van der Waals surface area (Å²) in [6.07, 6.45) is -3.10. The van der Waals surface area contributed by atoms with Crippen molar-refractivity contribution >= 4 is 11.8 Å². The van der Waals surface area contributed by atoms with Crippen LogP contribution in [0.15, 0.2) is 29.8 Å². The number of Topliss-reactive ketones (excluding diaryl/α,β-unsaturated/α-hetero) is 1. The number of carbonyl (C=O) groups excluding carboxylic acids is 2. The zero-order chi connectivity index (χ0) is 15.7. The second-order valence-electron chi connectivity index (χ2n) is 4.99. The smallest absolute Gasteiger partial charge is 0.343 e. The van der Waals surface area contributed by atoms with Crippen molar-refractivity contribution in [2.45, 2.75) is 32.2 Å². The lowest BCUT2D eigenvalue weighted by molar-refractivity contribution is -0.136. The molecule has 0 heterocycles.